The molecule has 3 heterocycles. The smallest absolute Gasteiger partial charge is 0.272 e. The summed E-state index contributed by atoms with van der Waals surface area (Å²) in [5.41, 5.74) is 3.54. The van der Waals surface area contributed by atoms with Crippen molar-refractivity contribution in [1.82, 2.24) is 15.2 Å². The number of piperidine rings is 1. The van der Waals surface area contributed by atoms with Crippen LogP contribution >= 0.6 is 12.4 Å². The number of aromatic nitrogens is 3. The molecule has 0 bridgehead atoms. The summed E-state index contributed by atoms with van der Waals surface area (Å²) in [5, 5.41) is 29.0. The maximum atomic E-state index is 14.9. The zero-order chi connectivity index (χ0) is 23.8. The molecule has 10 heteroatoms. The van der Waals surface area contributed by atoms with Crippen LogP contribution in [-0.4, -0.2) is 33.2 Å². The van der Waals surface area contributed by atoms with E-state index in [-0.39, 0.29) is 34.9 Å². The highest BCUT2D eigenvalue weighted by atomic mass is 35.5. The van der Waals surface area contributed by atoms with Gasteiger partial charge in [-0.05, 0) is 49.9 Å². The molecule has 1 N–H and O–H groups in total. The molecule has 0 unspecified atom stereocenters. The van der Waals surface area contributed by atoms with Gasteiger partial charge in [0.05, 0.1) is 27.6 Å². The molecule has 35 heavy (non-hydrogen) atoms. The van der Waals surface area contributed by atoms with Crippen molar-refractivity contribution in [3.8, 4) is 28.5 Å². The van der Waals surface area contributed by atoms with Gasteiger partial charge in [0.15, 0.2) is 5.65 Å². The molecule has 0 saturated carbocycles. The molecule has 0 radical (unpaired) electrons. The molecule has 2 aromatic carbocycles. The molecular weight excluding hydrogens is 471 g/mol. The summed E-state index contributed by atoms with van der Waals surface area (Å²) >= 11 is 0. The van der Waals surface area contributed by atoms with Crippen LogP contribution in [0.25, 0.3) is 33.4 Å². The van der Waals surface area contributed by atoms with Gasteiger partial charge < -0.3 is 4.90 Å². The largest absolute Gasteiger partial charge is 0.372 e. The molecule has 0 atom stereocenters. The molecule has 0 amide bonds. The van der Waals surface area contributed by atoms with Gasteiger partial charge >= 0.3 is 0 Å². The molecule has 1 fully saturated rings. The fraction of sp³-hybridized carbons (Fsp3) is 0.240. The Bertz CT molecular complexity index is 1460. The summed E-state index contributed by atoms with van der Waals surface area (Å²) in [4.78, 5) is 17.2. The van der Waals surface area contributed by atoms with E-state index >= 15 is 0 Å². The molecule has 4 aromatic rings. The minimum atomic E-state index is -0.823. The Morgan fingerprint density at radius 3 is 2.49 bits per heavy atom. The fourth-order valence-electron chi connectivity index (χ4n) is 4.59. The Labute approximate surface area is 207 Å². The monoisotopic (exact) mass is 492 g/mol. The molecule has 0 aliphatic carbocycles. The van der Waals surface area contributed by atoms with Crippen LogP contribution in [0, 0.1) is 34.2 Å². The van der Waals surface area contributed by atoms with Crippen LogP contribution in [0.2, 0.25) is 0 Å². The standard InChI is InChI=1S/C25H21FN6O2.ClH/c1-15-22-23(16-5-7-17(8-6-16)31-11-3-2-4-12-31)20(14-27)24(28-25(22)30-29-15)19-10-9-18(32(33)34)13-21(19)26;/h5-10,13H,2-4,11-12H2,1H3,(H,28,29,30);1H. The Morgan fingerprint density at radius 1 is 1.14 bits per heavy atom. The molecular formula is C25H22ClFN6O2. The Balaban J connectivity index is 0.00000289. The Morgan fingerprint density at radius 2 is 1.86 bits per heavy atom. The molecule has 1 saturated heterocycles. The highest BCUT2D eigenvalue weighted by Gasteiger charge is 2.24. The number of nitro benzene ring substituents is 1. The molecule has 0 spiro atoms. The number of non-ortho nitro benzene ring substituents is 1. The lowest BCUT2D eigenvalue weighted by Crippen LogP contribution is -2.29. The number of rotatable bonds is 4. The van der Waals surface area contributed by atoms with E-state index in [0.717, 1.165) is 36.1 Å². The maximum Gasteiger partial charge on any atom is 0.272 e. The van der Waals surface area contributed by atoms with E-state index in [1.54, 1.807) is 0 Å². The topological polar surface area (TPSA) is 112 Å². The number of hydrogen-bond donors (Lipinski definition) is 1. The lowest BCUT2D eigenvalue weighted by Gasteiger charge is -2.29. The lowest BCUT2D eigenvalue weighted by atomic mass is 9.93. The van der Waals surface area contributed by atoms with Crippen molar-refractivity contribution in [3.63, 3.8) is 0 Å². The summed E-state index contributed by atoms with van der Waals surface area (Å²) < 4.78 is 14.9. The van der Waals surface area contributed by atoms with E-state index in [0.29, 0.717) is 16.6 Å². The quantitative estimate of drug-likeness (QED) is 0.279. The molecule has 2 aromatic heterocycles. The van der Waals surface area contributed by atoms with E-state index in [2.05, 4.69) is 26.2 Å². The van der Waals surface area contributed by atoms with Crippen molar-refractivity contribution >= 4 is 34.8 Å². The van der Waals surface area contributed by atoms with Gasteiger partial charge in [-0.15, -0.1) is 12.4 Å². The maximum absolute atomic E-state index is 14.9. The Kier molecular flexibility index (Phi) is 6.67. The van der Waals surface area contributed by atoms with Crippen LogP contribution < -0.4 is 4.90 Å². The van der Waals surface area contributed by atoms with Crippen molar-refractivity contribution < 1.29 is 9.31 Å². The molecule has 5 rings (SSSR count). The number of aryl methyl sites for hydroxylation is 1. The van der Waals surface area contributed by atoms with Gasteiger partial charge in [0.25, 0.3) is 5.69 Å². The van der Waals surface area contributed by atoms with Crippen molar-refractivity contribution in [2.75, 3.05) is 18.0 Å². The van der Waals surface area contributed by atoms with Crippen LogP contribution in [-0.2, 0) is 0 Å². The van der Waals surface area contributed by atoms with Crippen LogP contribution in [0.15, 0.2) is 42.5 Å². The minimum absolute atomic E-state index is 0. The van der Waals surface area contributed by atoms with E-state index in [1.165, 1.54) is 31.4 Å². The van der Waals surface area contributed by atoms with Crippen molar-refractivity contribution in [2.45, 2.75) is 26.2 Å². The predicted molar refractivity (Wildman–Crippen MR) is 134 cm³/mol. The third-order valence-corrected chi connectivity index (χ3v) is 6.29. The van der Waals surface area contributed by atoms with Gasteiger partial charge in [-0.2, -0.15) is 10.4 Å². The molecule has 178 valence electrons. The van der Waals surface area contributed by atoms with Crippen LogP contribution in [0.1, 0.15) is 30.5 Å². The van der Waals surface area contributed by atoms with Gasteiger partial charge in [0, 0.05) is 41.7 Å². The number of H-pyrrole nitrogens is 1. The molecule has 8 nitrogen and oxygen atoms in total. The predicted octanol–water partition coefficient (Wildman–Crippen LogP) is 5.93. The average molecular weight is 493 g/mol. The third-order valence-electron chi connectivity index (χ3n) is 6.29. The van der Waals surface area contributed by atoms with Crippen LogP contribution in [0.3, 0.4) is 0 Å². The first-order valence-electron chi connectivity index (χ1n) is 11.1. The number of pyridine rings is 1. The average Bonchev–Trinajstić information content (AvgIpc) is 3.23. The van der Waals surface area contributed by atoms with E-state index in [9.17, 15) is 19.8 Å². The van der Waals surface area contributed by atoms with Gasteiger partial charge in [0.2, 0.25) is 0 Å². The summed E-state index contributed by atoms with van der Waals surface area (Å²) in [5.74, 6) is -0.823. The molecule has 1 aliphatic heterocycles. The second-order valence-electron chi connectivity index (χ2n) is 8.39. The SMILES string of the molecule is Cc1[nH]nc2nc(-c3ccc([N+](=O)[O-])cc3F)c(C#N)c(-c3ccc(N4CCCCC4)cc3)c12.Cl. The highest BCUT2D eigenvalue weighted by molar-refractivity contribution is 6.01. The molecule has 1 aliphatic rings. The zero-order valence-corrected chi connectivity index (χ0v) is 19.7. The summed E-state index contributed by atoms with van der Waals surface area (Å²) in [6.45, 7) is 3.88. The normalized spacial score (nSPS) is 13.3. The number of hydrogen-bond acceptors (Lipinski definition) is 6. The van der Waals surface area contributed by atoms with Gasteiger partial charge in [0.1, 0.15) is 11.9 Å². The zero-order valence-electron chi connectivity index (χ0n) is 18.9. The Hall–Kier alpha value is -4.03. The lowest BCUT2D eigenvalue weighted by molar-refractivity contribution is -0.385. The number of benzene rings is 2. The fourth-order valence-corrected chi connectivity index (χ4v) is 4.59. The first-order chi connectivity index (χ1) is 16.5. The van der Waals surface area contributed by atoms with Crippen molar-refractivity contribution in [2.24, 2.45) is 0 Å². The highest BCUT2D eigenvalue weighted by Crippen LogP contribution is 2.39. The number of nitriles is 1. The summed E-state index contributed by atoms with van der Waals surface area (Å²) in [6, 6.07) is 13.5. The number of nitro groups is 1. The minimum Gasteiger partial charge on any atom is -0.372 e. The van der Waals surface area contributed by atoms with E-state index in [4.69, 9.17) is 0 Å². The number of halogens is 2. The van der Waals surface area contributed by atoms with E-state index < -0.39 is 10.7 Å². The van der Waals surface area contributed by atoms with Gasteiger partial charge in [-0.1, -0.05) is 12.1 Å². The second-order valence-corrected chi connectivity index (χ2v) is 8.39. The number of nitrogens with zero attached hydrogens (tertiary/aromatic N) is 5. The number of aromatic amines is 1. The van der Waals surface area contributed by atoms with Crippen LogP contribution in [0.4, 0.5) is 15.8 Å². The first kappa shape index (κ1) is 24.1. The first-order valence-corrected chi connectivity index (χ1v) is 11.1. The summed E-state index contributed by atoms with van der Waals surface area (Å²) in [6.07, 6.45) is 3.59. The van der Waals surface area contributed by atoms with Gasteiger partial charge in [-0.25, -0.2) is 9.37 Å². The number of anilines is 1. The number of fused-ring (bicyclic) bond motifs is 1. The van der Waals surface area contributed by atoms with Gasteiger partial charge in [-0.3, -0.25) is 15.2 Å². The van der Waals surface area contributed by atoms with Crippen molar-refractivity contribution in [1.29, 1.82) is 5.26 Å². The van der Waals surface area contributed by atoms with E-state index in [1.807, 2.05) is 31.2 Å². The third kappa shape index (κ3) is 4.29. The summed E-state index contributed by atoms with van der Waals surface area (Å²) in [7, 11) is 0. The van der Waals surface area contributed by atoms with Crippen LogP contribution in [0.5, 0.6) is 0 Å². The second kappa shape index (κ2) is 9.68. The van der Waals surface area contributed by atoms with Crippen molar-refractivity contribution in [3.05, 3.63) is 69.7 Å². The number of nitrogens with one attached hydrogen (secondary N) is 1.